The second-order valence-corrected chi connectivity index (χ2v) is 13.0. The van der Waals surface area contributed by atoms with Crippen LogP contribution < -0.4 is 21.7 Å². The van der Waals surface area contributed by atoms with E-state index in [0.29, 0.717) is 32.2 Å². The molecule has 1 heterocycles. The Morgan fingerprint density at radius 1 is 0.833 bits per heavy atom. The van der Waals surface area contributed by atoms with E-state index in [1.807, 2.05) is 55.1 Å². The number of carbonyl (C=O) groups is 6. The molecule has 1 fully saturated rings. The van der Waals surface area contributed by atoms with Gasteiger partial charge < -0.3 is 31.7 Å². The average molecular weight is 664 g/mol. The number of nitrogens with zero attached hydrogens (tertiary/aromatic N) is 1. The number of aliphatic carboxylic acids is 1. The van der Waals surface area contributed by atoms with Crippen molar-refractivity contribution in [2.75, 3.05) is 6.54 Å². The van der Waals surface area contributed by atoms with Gasteiger partial charge in [0.05, 0.1) is 6.42 Å². The predicted octanol–water partition coefficient (Wildman–Crippen LogP) is 2.34. The first kappa shape index (κ1) is 37.7. The summed E-state index contributed by atoms with van der Waals surface area (Å²) >= 11 is 0. The third-order valence-corrected chi connectivity index (χ3v) is 8.54. The SMILES string of the molecule is CC(=O)N[C@@H](CC(C)C)C(=O)N1CCC[C@H]1CC[C@H](Cc1ccccc1)C(=O)N[C@@H](Cc1ccccc1)C(=O)N[C@@H](CC(=O)O)C(N)=O. The Balaban J connectivity index is 1.82. The van der Waals surface area contributed by atoms with E-state index in [4.69, 9.17) is 5.73 Å². The number of carbonyl (C=O) groups excluding carboxylic acids is 5. The molecule has 0 bridgehead atoms. The minimum absolute atomic E-state index is 0.0975. The summed E-state index contributed by atoms with van der Waals surface area (Å²) in [6.07, 6.45) is 2.87. The fourth-order valence-corrected chi connectivity index (χ4v) is 6.20. The van der Waals surface area contributed by atoms with E-state index in [-0.39, 0.29) is 36.1 Å². The standard InChI is InChI=1S/C36H49N5O7/c1-23(2)19-31(38-24(3)42)36(48)41-18-10-15-28(41)17-16-27(20-25-11-6-4-7-12-25)34(46)40-30(21-26-13-8-5-9-14-26)35(47)39-29(33(37)45)22-32(43)44/h4-9,11-14,23,27-31H,10,15-22H2,1-3H3,(H2,37,45)(H,38,42)(H,39,47)(H,40,46)(H,43,44)/t27-,28+,29+,30+,31+/m1/s1. The molecule has 2 aromatic rings. The molecule has 3 rings (SSSR count). The first-order chi connectivity index (χ1) is 22.8. The van der Waals surface area contributed by atoms with Crippen LogP contribution in [0.2, 0.25) is 0 Å². The van der Waals surface area contributed by atoms with Crippen molar-refractivity contribution in [3.8, 4) is 0 Å². The molecule has 1 aliphatic heterocycles. The Bertz CT molecular complexity index is 1400. The van der Waals surface area contributed by atoms with Crippen LogP contribution >= 0.6 is 0 Å². The predicted molar refractivity (Wildman–Crippen MR) is 180 cm³/mol. The monoisotopic (exact) mass is 663 g/mol. The van der Waals surface area contributed by atoms with Crippen molar-refractivity contribution in [2.45, 2.75) is 96.3 Å². The quantitative estimate of drug-likeness (QED) is 0.162. The van der Waals surface area contributed by atoms with Crippen LogP contribution in [0.3, 0.4) is 0 Å². The van der Waals surface area contributed by atoms with Gasteiger partial charge in [-0.15, -0.1) is 0 Å². The fraction of sp³-hybridized carbons (Fsp3) is 0.500. The minimum Gasteiger partial charge on any atom is -0.481 e. The average Bonchev–Trinajstić information content (AvgIpc) is 3.50. The third-order valence-electron chi connectivity index (χ3n) is 8.54. The maximum atomic E-state index is 14.0. The zero-order chi connectivity index (χ0) is 35.2. The molecular weight excluding hydrogens is 614 g/mol. The lowest BCUT2D eigenvalue weighted by Gasteiger charge is -2.31. The van der Waals surface area contributed by atoms with Crippen LogP contribution in [0, 0.1) is 11.8 Å². The van der Waals surface area contributed by atoms with Gasteiger partial charge in [0, 0.05) is 31.8 Å². The van der Waals surface area contributed by atoms with E-state index in [1.54, 1.807) is 24.3 Å². The highest BCUT2D eigenvalue weighted by Gasteiger charge is 2.35. The van der Waals surface area contributed by atoms with E-state index in [2.05, 4.69) is 16.0 Å². The molecule has 5 amide bonds. The van der Waals surface area contributed by atoms with Crippen LogP contribution in [0.4, 0.5) is 0 Å². The number of nitrogens with one attached hydrogen (secondary N) is 3. The van der Waals surface area contributed by atoms with Crippen LogP contribution in [0.1, 0.15) is 70.4 Å². The van der Waals surface area contributed by atoms with E-state index in [9.17, 15) is 33.9 Å². The van der Waals surface area contributed by atoms with Crippen molar-refractivity contribution in [1.29, 1.82) is 0 Å². The van der Waals surface area contributed by atoms with Crippen molar-refractivity contribution >= 4 is 35.5 Å². The lowest BCUT2D eigenvalue weighted by atomic mass is 9.90. The normalized spacial score (nSPS) is 16.8. The highest BCUT2D eigenvalue weighted by atomic mass is 16.4. The number of primary amides is 1. The first-order valence-electron chi connectivity index (χ1n) is 16.6. The van der Waals surface area contributed by atoms with Crippen LogP contribution in [0.25, 0.3) is 0 Å². The molecule has 5 atom stereocenters. The first-order valence-corrected chi connectivity index (χ1v) is 16.6. The van der Waals surface area contributed by atoms with E-state index in [1.165, 1.54) is 6.92 Å². The Morgan fingerprint density at radius 3 is 1.96 bits per heavy atom. The number of amides is 5. The second-order valence-electron chi connectivity index (χ2n) is 13.0. The molecular formula is C36H49N5O7. The summed E-state index contributed by atoms with van der Waals surface area (Å²) in [4.78, 5) is 78.0. The van der Waals surface area contributed by atoms with Gasteiger partial charge in [-0.3, -0.25) is 28.8 Å². The number of nitrogens with two attached hydrogens (primary N) is 1. The van der Waals surface area contributed by atoms with Crippen molar-refractivity contribution in [3.05, 3.63) is 71.8 Å². The van der Waals surface area contributed by atoms with Gasteiger partial charge in [0.25, 0.3) is 0 Å². The summed E-state index contributed by atoms with van der Waals surface area (Å²) in [5, 5.41) is 17.3. The van der Waals surface area contributed by atoms with Crippen LogP contribution in [-0.2, 0) is 41.6 Å². The Kier molecular flexibility index (Phi) is 14.6. The van der Waals surface area contributed by atoms with E-state index < -0.39 is 48.2 Å². The van der Waals surface area contributed by atoms with Crippen molar-refractivity contribution < 1.29 is 33.9 Å². The van der Waals surface area contributed by atoms with E-state index in [0.717, 1.165) is 24.0 Å². The molecule has 6 N–H and O–H groups in total. The zero-order valence-electron chi connectivity index (χ0n) is 28.0. The summed E-state index contributed by atoms with van der Waals surface area (Å²) in [7, 11) is 0. The molecule has 0 unspecified atom stereocenters. The minimum atomic E-state index is -1.45. The van der Waals surface area contributed by atoms with Gasteiger partial charge in [-0.1, -0.05) is 74.5 Å². The molecule has 0 saturated carbocycles. The maximum absolute atomic E-state index is 14.0. The molecule has 0 radical (unpaired) electrons. The number of carboxylic acids is 1. The highest BCUT2D eigenvalue weighted by Crippen LogP contribution is 2.26. The lowest BCUT2D eigenvalue weighted by molar-refractivity contribution is -0.140. The lowest BCUT2D eigenvalue weighted by Crippen LogP contribution is -2.55. The molecule has 0 aliphatic carbocycles. The number of carboxylic acid groups (broad SMARTS) is 1. The molecule has 260 valence electrons. The summed E-state index contributed by atoms with van der Waals surface area (Å²) in [6, 6.07) is 15.2. The summed E-state index contributed by atoms with van der Waals surface area (Å²) in [6.45, 7) is 5.98. The summed E-state index contributed by atoms with van der Waals surface area (Å²) in [5.41, 5.74) is 7.05. The molecule has 0 aromatic heterocycles. The van der Waals surface area contributed by atoms with Gasteiger partial charge in [0.2, 0.25) is 29.5 Å². The number of likely N-dealkylation sites (tertiary alicyclic amines) is 1. The van der Waals surface area contributed by atoms with Crippen LogP contribution in [-0.4, -0.2) is 76.2 Å². The number of hydrogen-bond donors (Lipinski definition) is 5. The van der Waals surface area contributed by atoms with Gasteiger partial charge in [0.1, 0.15) is 18.1 Å². The summed E-state index contributed by atoms with van der Waals surface area (Å²) < 4.78 is 0. The number of benzene rings is 2. The number of rotatable bonds is 18. The largest absolute Gasteiger partial charge is 0.481 e. The molecule has 12 nitrogen and oxygen atoms in total. The Hall–Kier alpha value is -4.74. The van der Waals surface area contributed by atoms with Crippen LogP contribution in [0.5, 0.6) is 0 Å². The molecule has 1 saturated heterocycles. The molecule has 0 spiro atoms. The molecule has 1 aliphatic rings. The van der Waals surface area contributed by atoms with Crippen molar-refractivity contribution in [3.63, 3.8) is 0 Å². The zero-order valence-corrected chi connectivity index (χ0v) is 28.0. The van der Waals surface area contributed by atoms with Gasteiger partial charge in [-0.05, 0) is 55.6 Å². The van der Waals surface area contributed by atoms with Crippen molar-refractivity contribution in [2.24, 2.45) is 17.6 Å². The Labute approximate surface area is 282 Å². The van der Waals surface area contributed by atoms with Crippen molar-refractivity contribution in [1.82, 2.24) is 20.9 Å². The highest BCUT2D eigenvalue weighted by molar-refractivity contribution is 5.93. The van der Waals surface area contributed by atoms with Gasteiger partial charge in [-0.25, -0.2) is 0 Å². The molecule has 2 aromatic carbocycles. The number of hydrogen-bond acceptors (Lipinski definition) is 6. The summed E-state index contributed by atoms with van der Waals surface area (Å²) in [5.74, 6) is -4.15. The third kappa shape index (κ3) is 12.1. The van der Waals surface area contributed by atoms with Crippen LogP contribution in [0.15, 0.2) is 60.7 Å². The maximum Gasteiger partial charge on any atom is 0.305 e. The molecule has 48 heavy (non-hydrogen) atoms. The van der Waals surface area contributed by atoms with Gasteiger partial charge >= 0.3 is 5.97 Å². The Morgan fingerprint density at radius 2 is 1.42 bits per heavy atom. The molecule has 12 heteroatoms. The smallest absolute Gasteiger partial charge is 0.305 e. The van der Waals surface area contributed by atoms with Gasteiger partial charge in [0.15, 0.2) is 0 Å². The fourth-order valence-electron chi connectivity index (χ4n) is 6.20. The second kappa shape index (κ2) is 18.6. The topological polar surface area (TPSA) is 188 Å². The van der Waals surface area contributed by atoms with Gasteiger partial charge in [-0.2, -0.15) is 0 Å². The van der Waals surface area contributed by atoms with E-state index >= 15 is 0 Å².